The van der Waals surface area contributed by atoms with Gasteiger partial charge in [-0.1, -0.05) is 12.1 Å². The first-order valence-corrected chi connectivity index (χ1v) is 5.42. The number of aromatic amines is 1. The molecular weight excluding hydrogens is 230 g/mol. The number of carbonyl (C=O) groups is 2. The molecular formula is C13H13N3O2. The fourth-order valence-corrected chi connectivity index (χ4v) is 1.56. The lowest BCUT2D eigenvalue weighted by Gasteiger charge is -2.04. The summed E-state index contributed by atoms with van der Waals surface area (Å²) in [6, 6.07) is 8.31. The molecule has 0 unspecified atom stereocenters. The molecule has 18 heavy (non-hydrogen) atoms. The Kier molecular flexibility index (Phi) is 3.14. The van der Waals surface area contributed by atoms with E-state index in [1.54, 1.807) is 36.5 Å². The van der Waals surface area contributed by atoms with Crippen molar-refractivity contribution in [3.8, 4) is 0 Å². The fourth-order valence-electron chi connectivity index (χ4n) is 1.56. The van der Waals surface area contributed by atoms with Crippen molar-refractivity contribution >= 4 is 23.1 Å². The highest BCUT2D eigenvalue weighted by Crippen LogP contribution is 2.13. The molecule has 0 fully saturated rings. The van der Waals surface area contributed by atoms with Crippen molar-refractivity contribution in [2.75, 3.05) is 11.1 Å². The molecule has 5 heteroatoms. The van der Waals surface area contributed by atoms with Crippen molar-refractivity contribution < 1.29 is 9.59 Å². The maximum absolute atomic E-state index is 11.8. The van der Waals surface area contributed by atoms with Crippen LogP contribution in [0.5, 0.6) is 0 Å². The molecule has 1 aromatic heterocycles. The van der Waals surface area contributed by atoms with Crippen LogP contribution in [0, 0.1) is 0 Å². The van der Waals surface area contributed by atoms with Crippen LogP contribution < -0.4 is 11.1 Å². The number of hydrogen-bond acceptors (Lipinski definition) is 3. The number of anilines is 2. The van der Waals surface area contributed by atoms with Gasteiger partial charge in [0.1, 0.15) is 5.69 Å². The molecule has 1 aromatic carbocycles. The van der Waals surface area contributed by atoms with Gasteiger partial charge < -0.3 is 16.0 Å². The van der Waals surface area contributed by atoms with Crippen LogP contribution in [0.4, 0.5) is 11.4 Å². The lowest BCUT2D eigenvalue weighted by Crippen LogP contribution is -2.12. The Balaban J connectivity index is 2.16. The number of rotatable bonds is 3. The summed E-state index contributed by atoms with van der Waals surface area (Å²) in [6.07, 6.45) is 1.54. The highest BCUT2D eigenvalue weighted by molar-refractivity contribution is 6.04. The topological polar surface area (TPSA) is 88.0 Å². The Hall–Kier alpha value is -2.56. The average molecular weight is 243 g/mol. The van der Waals surface area contributed by atoms with Gasteiger partial charge in [0, 0.05) is 23.1 Å². The summed E-state index contributed by atoms with van der Waals surface area (Å²) < 4.78 is 0. The largest absolute Gasteiger partial charge is 0.397 e. The molecule has 0 saturated heterocycles. The average Bonchev–Trinajstić information content (AvgIpc) is 2.76. The highest BCUT2D eigenvalue weighted by atomic mass is 16.2. The Morgan fingerprint density at radius 3 is 2.67 bits per heavy atom. The van der Waals surface area contributed by atoms with Crippen LogP contribution in [0.15, 0.2) is 36.5 Å². The van der Waals surface area contributed by atoms with E-state index in [0.29, 0.717) is 22.6 Å². The van der Waals surface area contributed by atoms with Gasteiger partial charge in [-0.15, -0.1) is 0 Å². The highest BCUT2D eigenvalue weighted by Gasteiger charge is 2.08. The zero-order valence-electron chi connectivity index (χ0n) is 9.86. The van der Waals surface area contributed by atoms with Crippen molar-refractivity contribution in [1.82, 2.24) is 4.98 Å². The molecule has 0 bridgehead atoms. The molecule has 0 radical (unpaired) electrons. The minimum Gasteiger partial charge on any atom is -0.397 e. The predicted molar refractivity (Wildman–Crippen MR) is 69.6 cm³/mol. The molecule has 0 spiro atoms. The minimum atomic E-state index is -0.299. The van der Waals surface area contributed by atoms with E-state index in [1.165, 1.54) is 6.92 Å². The van der Waals surface area contributed by atoms with Crippen LogP contribution in [0.3, 0.4) is 0 Å². The first kappa shape index (κ1) is 11.9. The number of ketones is 1. The molecule has 0 aliphatic heterocycles. The van der Waals surface area contributed by atoms with Gasteiger partial charge >= 0.3 is 0 Å². The number of carbonyl (C=O) groups excluding carboxylic acids is 2. The molecule has 2 aromatic rings. The van der Waals surface area contributed by atoms with Crippen LogP contribution >= 0.6 is 0 Å². The van der Waals surface area contributed by atoms with E-state index < -0.39 is 0 Å². The summed E-state index contributed by atoms with van der Waals surface area (Å²) in [5.74, 6) is -0.345. The number of nitrogens with one attached hydrogen (secondary N) is 2. The van der Waals surface area contributed by atoms with Gasteiger partial charge in [-0.2, -0.15) is 0 Å². The zero-order chi connectivity index (χ0) is 13.1. The first-order chi connectivity index (χ1) is 8.56. The van der Waals surface area contributed by atoms with Crippen LogP contribution in [0.2, 0.25) is 0 Å². The third-order valence-corrected chi connectivity index (χ3v) is 2.48. The van der Waals surface area contributed by atoms with Gasteiger partial charge in [0.05, 0.1) is 0 Å². The third-order valence-electron chi connectivity index (χ3n) is 2.48. The smallest absolute Gasteiger partial charge is 0.272 e. The molecule has 2 rings (SSSR count). The van der Waals surface area contributed by atoms with Crippen LogP contribution in [-0.4, -0.2) is 16.7 Å². The number of nitrogens with two attached hydrogens (primary N) is 1. The summed E-state index contributed by atoms with van der Waals surface area (Å²) in [4.78, 5) is 25.8. The predicted octanol–water partition coefficient (Wildman–Crippen LogP) is 2.05. The molecule has 5 nitrogen and oxygen atoms in total. The summed E-state index contributed by atoms with van der Waals surface area (Å²) in [5, 5.41) is 2.69. The molecule has 4 N–H and O–H groups in total. The van der Waals surface area contributed by atoms with Crippen molar-refractivity contribution in [1.29, 1.82) is 0 Å². The summed E-state index contributed by atoms with van der Waals surface area (Å²) >= 11 is 0. The number of benzene rings is 1. The Morgan fingerprint density at radius 2 is 2.06 bits per heavy atom. The maximum atomic E-state index is 11.8. The molecule has 0 atom stereocenters. The fraction of sp³-hybridized carbons (Fsp3) is 0.0769. The van der Waals surface area contributed by atoms with E-state index in [0.717, 1.165) is 0 Å². The maximum Gasteiger partial charge on any atom is 0.272 e. The van der Waals surface area contributed by atoms with E-state index in [9.17, 15) is 9.59 Å². The third kappa shape index (κ3) is 2.57. The van der Waals surface area contributed by atoms with Crippen LogP contribution in [-0.2, 0) is 0 Å². The van der Waals surface area contributed by atoms with Gasteiger partial charge in [0.15, 0.2) is 5.78 Å². The van der Waals surface area contributed by atoms with E-state index in [-0.39, 0.29) is 11.7 Å². The van der Waals surface area contributed by atoms with Crippen LogP contribution in [0.25, 0.3) is 0 Å². The SMILES string of the molecule is CC(=O)c1cccc(NC(=O)c2cc(N)c[nH]2)c1. The Morgan fingerprint density at radius 1 is 1.28 bits per heavy atom. The molecule has 0 aliphatic carbocycles. The van der Waals surface area contributed by atoms with Crippen molar-refractivity contribution in [2.24, 2.45) is 0 Å². The van der Waals surface area contributed by atoms with Gasteiger partial charge in [0.2, 0.25) is 0 Å². The van der Waals surface area contributed by atoms with Crippen molar-refractivity contribution in [3.05, 3.63) is 47.8 Å². The zero-order valence-corrected chi connectivity index (χ0v) is 9.86. The van der Waals surface area contributed by atoms with E-state index >= 15 is 0 Å². The summed E-state index contributed by atoms with van der Waals surface area (Å²) in [5.41, 5.74) is 7.52. The molecule has 0 saturated carbocycles. The van der Waals surface area contributed by atoms with E-state index in [4.69, 9.17) is 5.73 Å². The van der Waals surface area contributed by atoms with Crippen molar-refractivity contribution in [2.45, 2.75) is 6.92 Å². The summed E-state index contributed by atoms with van der Waals surface area (Å²) in [7, 11) is 0. The molecule has 92 valence electrons. The van der Waals surface area contributed by atoms with Gasteiger partial charge in [-0.25, -0.2) is 0 Å². The Bertz CT molecular complexity index is 602. The first-order valence-electron chi connectivity index (χ1n) is 5.42. The number of hydrogen-bond donors (Lipinski definition) is 3. The number of amides is 1. The van der Waals surface area contributed by atoms with E-state index in [2.05, 4.69) is 10.3 Å². The van der Waals surface area contributed by atoms with Crippen LogP contribution in [0.1, 0.15) is 27.8 Å². The monoisotopic (exact) mass is 243 g/mol. The van der Waals surface area contributed by atoms with Gasteiger partial charge in [-0.3, -0.25) is 9.59 Å². The van der Waals surface area contributed by atoms with Crippen molar-refractivity contribution in [3.63, 3.8) is 0 Å². The minimum absolute atomic E-state index is 0.0461. The number of Topliss-reactive ketones (excluding diaryl/α,β-unsaturated/α-hetero) is 1. The lowest BCUT2D eigenvalue weighted by molar-refractivity contribution is 0.100. The lowest BCUT2D eigenvalue weighted by atomic mass is 10.1. The Labute approximate surface area is 104 Å². The van der Waals surface area contributed by atoms with E-state index in [1.807, 2.05) is 0 Å². The molecule has 1 heterocycles. The van der Waals surface area contributed by atoms with Gasteiger partial charge in [0.25, 0.3) is 5.91 Å². The second-order valence-electron chi connectivity index (χ2n) is 3.94. The number of H-pyrrole nitrogens is 1. The second kappa shape index (κ2) is 4.75. The molecule has 1 amide bonds. The molecule has 0 aliphatic rings. The second-order valence-corrected chi connectivity index (χ2v) is 3.94. The standard InChI is InChI=1S/C13H13N3O2/c1-8(17)9-3-2-4-11(5-9)16-13(18)12-6-10(14)7-15-12/h2-7,15H,14H2,1H3,(H,16,18). The normalized spacial score (nSPS) is 10.1. The number of aromatic nitrogens is 1. The van der Waals surface area contributed by atoms with Gasteiger partial charge in [-0.05, 0) is 25.1 Å². The number of nitrogen functional groups attached to an aromatic ring is 1. The quantitative estimate of drug-likeness (QED) is 0.721. The summed E-state index contributed by atoms with van der Waals surface area (Å²) in [6.45, 7) is 1.48.